The molecule has 5 rings (SSSR count). The summed E-state index contributed by atoms with van der Waals surface area (Å²) < 4.78 is 1.83. The van der Waals surface area contributed by atoms with E-state index in [9.17, 15) is 4.79 Å². The van der Waals surface area contributed by atoms with E-state index in [2.05, 4.69) is 16.8 Å². The molecule has 3 heterocycles. The highest BCUT2D eigenvalue weighted by Gasteiger charge is 2.34. The number of nitrogens with one attached hydrogen (secondary N) is 1. The fourth-order valence-corrected chi connectivity index (χ4v) is 4.53. The summed E-state index contributed by atoms with van der Waals surface area (Å²) in [5.41, 5.74) is 4.94. The van der Waals surface area contributed by atoms with Crippen LogP contribution in [0.4, 0.5) is 5.82 Å². The molecule has 138 valence electrons. The van der Waals surface area contributed by atoms with E-state index in [-0.39, 0.29) is 11.8 Å². The molecule has 1 atom stereocenters. The Kier molecular flexibility index (Phi) is 4.26. The van der Waals surface area contributed by atoms with Gasteiger partial charge in [-0.3, -0.25) is 4.79 Å². The average Bonchev–Trinajstić information content (AvgIpc) is 3.37. The van der Waals surface area contributed by atoms with Crippen molar-refractivity contribution in [3.05, 3.63) is 87.6 Å². The number of hydrogen-bond acceptors (Lipinski definition) is 3. The normalized spacial score (nSPS) is 15.9. The SMILES string of the molecule is O=C1C[C@H](c2ccsc2)c2c(-c3ccc(Cl)cc3)nn(-c3ccccc3)c2N1. The minimum absolute atomic E-state index is 0.00318. The zero-order chi connectivity index (χ0) is 19.1. The quantitative estimate of drug-likeness (QED) is 0.473. The predicted molar refractivity (Wildman–Crippen MR) is 113 cm³/mol. The Bertz CT molecular complexity index is 1130. The molecular weight excluding hydrogens is 390 g/mol. The molecule has 1 aliphatic heterocycles. The van der Waals surface area contributed by atoms with E-state index in [0.29, 0.717) is 11.4 Å². The molecule has 4 nitrogen and oxygen atoms in total. The van der Waals surface area contributed by atoms with Crippen molar-refractivity contribution in [3.8, 4) is 16.9 Å². The summed E-state index contributed by atoms with van der Waals surface area (Å²) in [6, 6.07) is 19.6. The summed E-state index contributed by atoms with van der Waals surface area (Å²) >= 11 is 7.73. The predicted octanol–water partition coefficient (Wildman–Crippen LogP) is 5.73. The van der Waals surface area contributed by atoms with E-state index in [0.717, 1.165) is 33.9 Å². The van der Waals surface area contributed by atoms with Gasteiger partial charge < -0.3 is 5.32 Å². The highest BCUT2D eigenvalue weighted by Crippen LogP contribution is 2.44. The van der Waals surface area contributed by atoms with Gasteiger partial charge in [-0.05, 0) is 46.7 Å². The van der Waals surface area contributed by atoms with Gasteiger partial charge in [-0.25, -0.2) is 4.68 Å². The van der Waals surface area contributed by atoms with Crippen LogP contribution in [0.3, 0.4) is 0 Å². The van der Waals surface area contributed by atoms with E-state index >= 15 is 0 Å². The largest absolute Gasteiger partial charge is 0.310 e. The van der Waals surface area contributed by atoms with Crippen molar-refractivity contribution in [2.24, 2.45) is 0 Å². The summed E-state index contributed by atoms with van der Waals surface area (Å²) in [4.78, 5) is 12.5. The number of fused-ring (bicyclic) bond motifs is 1. The summed E-state index contributed by atoms with van der Waals surface area (Å²) in [5.74, 6) is 0.713. The van der Waals surface area contributed by atoms with Crippen LogP contribution in [0, 0.1) is 0 Å². The lowest BCUT2D eigenvalue weighted by Crippen LogP contribution is -2.24. The molecule has 0 fully saturated rings. The Balaban J connectivity index is 1.77. The van der Waals surface area contributed by atoms with Crippen LogP contribution in [0.25, 0.3) is 16.9 Å². The Hall–Kier alpha value is -2.89. The summed E-state index contributed by atoms with van der Waals surface area (Å²) in [6.45, 7) is 0. The maximum atomic E-state index is 12.5. The van der Waals surface area contributed by atoms with Crippen LogP contribution in [-0.4, -0.2) is 15.7 Å². The zero-order valence-corrected chi connectivity index (χ0v) is 16.4. The van der Waals surface area contributed by atoms with Gasteiger partial charge in [0.1, 0.15) is 5.82 Å². The number of halogens is 1. The molecule has 4 aromatic rings. The first-order chi connectivity index (χ1) is 13.7. The summed E-state index contributed by atoms with van der Waals surface area (Å²) in [5, 5.41) is 12.8. The summed E-state index contributed by atoms with van der Waals surface area (Å²) in [6.07, 6.45) is 0.408. The van der Waals surface area contributed by atoms with Gasteiger partial charge in [0.05, 0.1) is 11.4 Å². The molecule has 0 saturated carbocycles. The molecular formula is C22H16ClN3OS. The minimum Gasteiger partial charge on any atom is -0.310 e. The minimum atomic E-state index is -0.0295. The lowest BCUT2D eigenvalue weighted by Gasteiger charge is -2.24. The molecule has 0 bridgehead atoms. The van der Waals surface area contributed by atoms with Crippen LogP contribution in [0.2, 0.25) is 5.02 Å². The van der Waals surface area contributed by atoms with Gasteiger partial charge in [-0.2, -0.15) is 16.4 Å². The van der Waals surface area contributed by atoms with Crippen LogP contribution in [0.1, 0.15) is 23.5 Å². The number of aromatic nitrogens is 2. The number of para-hydroxylation sites is 1. The molecule has 0 aliphatic carbocycles. The lowest BCUT2D eigenvalue weighted by atomic mass is 9.86. The zero-order valence-electron chi connectivity index (χ0n) is 14.8. The summed E-state index contributed by atoms with van der Waals surface area (Å²) in [7, 11) is 0. The first-order valence-electron chi connectivity index (χ1n) is 8.97. The van der Waals surface area contributed by atoms with Crippen molar-refractivity contribution in [3.63, 3.8) is 0 Å². The number of carbonyl (C=O) groups is 1. The van der Waals surface area contributed by atoms with E-state index < -0.39 is 0 Å². The molecule has 0 spiro atoms. The van der Waals surface area contributed by atoms with E-state index in [4.69, 9.17) is 16.7 Å². The van der Waals surface area contributed by atoms with E-state index in [1.807, 2.05) is 64.7 Å². The van der Waals surface area contributed by atoms with Crippen LogP contribution in [-0.2, 0) is 4.79 Å². The van der Waals surface area contributed by atoms with Gasteiger partial charge in [0.25, 0.3) is 0 Å². The fraction of sp³-hybridized carbons (Fsp3) is 0.0909. The van der Waals surface area contributed by atoms with Gasteiger partial charge in [0, 0.05) is 28.5 Å². The molecule has 1 aliphatic rings. The second-order valence-corrected chi connectivity index (χ2v) is 7.94. The van der Waals surface area contributed by atoms with Gasteiger partial charge in [0.15, 0.2) is 0 Å². The molecule has 28 heavy (non-hydrogen) atoms. The Morgan fingerprint density at radius 1 is 1.07 bits per heavy atom. The number of rotatable bonds is 3. The maximum absolute atomic E-state index is 12.5. The molecule has 0 unspecified atom stereocenters. The third kappa shape index (κ3) is 2.93. The molecule has 0 saturated heterocycles. The number of nitrogens with zero attached hydrogens (tertiary/aromatic N) is 2. The van der Waals surface area contributed by atoms with Crippen molar-refractivity contribution in [1.82, 2.24) is 9.78 Å². The van der Waals surface area contributed by atoms with Crippen molar-refractivity contribution in [2.75, 3.05) is 5.32 Å². The molecule has 1 amide bonds. The average molecular weight is 406 g/mol. The highest BCUT2D eigenvalue weighted by molar-refractivity contribution is 7.08. The van der Waals surface area contributed by atoms with Crippen molar-refractivity contribution < 1.29 is 4.79 Å². The van der Waals surface area contributed by atoms with Crippen molar-refractivity contribution in [1.29, 1.82) is 0 Å². The van der Waals surface area contributed by atoms with Gasteiger partial charge in [-0.15, -0.1) is 0 Å². The van der Waals surface area contributed by atoms with Gasteiger partial charge in [-0.1, -0.05) is 41.9 Å². The molecule has 1 N–H and O–H groups in total. The first kappa shape index (κ1) is 17.2. The number of hydrogen-bond donors (Lipinski definition) is 1. The number of carbonyl (C=O) groups excluding carboxylic acids is 1. The van der Waals surface area contributed by atoms with Crippen LogP contribution >= 0.6 is 22.9 Å². The number of benzene rings is 2. The highest BCUT2D eigenvalue weighted by atomic mass is 35.5. The third-order valence-electron chi connectivity index (χ3n) is 4.98. The monoisotopic (exact) mass is 405 g/mol. The Labute approximate surface area is 171 Å². The second-order valence-electron chi connectivity index (χ2n) is 6.73. The lowest BCUT2D eigenvalue weighted by molar-refractivity contribution is -0.116. The van der Waals surface area contributed by atoms with Gasteiger partial charge >= 0.3 is 0 Å². The number of anilines is 1. The molecule has 0 radical (unpaired) electrons. The third-order valence-corrected chi connectivity index (χ3v) is 5.94. The fourth-order valence-electron chi connectivity index (χ4n) is 3.69. The first-order valence-corrected chi connectivity index (χ1v) is 10.3. The van der Waals surface area contributed by atoms with E-state index in [1.54, 1.807) is 11.3 Å². The molecule has 2 aromatic heterocycles. The van der Waals surface area contributed by atoms with Crippen LogP contribution in [0.5, 0.6) is 0 Å². The second kappa shape index (κ2) is 6.93. The smallest absolute Gasteiger partial charge is 0.226 e. The topological polar surface area (TPSA) is 46.9 Å². The standard InChI is InChI=1S/C22H16ClN3OS/c23-16-8-6-14(7-9-16)21-20-18(15-10-11-28-13-15)12-19(27)24-22(20)26(25-21)17-4-2-1-3-5-17/h1-11,13,18H,12H2,(H,24,27)/t18-/m1/s1. The van der Waals surface area contributed by atoms with Crippen LogP contribution in [0.15, 0.2) is 71.4 Å². The number of thiophene rings is 1. The van der Waals surface area contributed by atoms with Gasteiger partial charge in [0.2, 0.25) is 5.91 Å². The molecule has 2 aromatic carbocycles. The van der Waals surface area contributed by atoms with Crippen LogP contribution < -0.4 is 5.32 Å². The Morgan fingerprint density at radius 2 is 1.86 bits per heavy atom. The maximum Gasteiger partial charge on any atom is 0.226 e. The van der Waals surface area contributed by atoms with Crippen molar-refractivity contribution in [2.45, 2.75) is 12.3 Å². The number of amides is 1. The van der Waals surface area contributed by atoms with Crippen molar-refractivity contribution >= 4 is 34.7 Å². The molecule has 6 heteroatoms. The Morgan fingerprint density at radius 3 is 2.57 bits per heavy atom. The van der Waals surface area contributed by atoms with E-state index in [1.165, 1.54) is 0 Å².